The van der Waals surface area contributed by atoms with E-state index in [2.05, 4.69) is 15.9 Å². The Hall–Kier alpha value is -1.15. The van der Waals surface area contributed by atoms with E-state index in [-0.39, 0.29) is 24.5 Å². The van der Waals surface area contributed by atoms with Crippen molar-refractivity contribution < 1.29 is 28.5 Å². The first kappa shape index (κ1) is 20.2. The van der Waals surface area contributed by atoms with E-state index in [1.807, 2.05) is 37.3 Å². The lowest BCUT2D eigenvalue weighted by Crippen LogP contribution is -2.55. The van der Waals surface area contributed by atoms with Gasteiger partial charge in [0.05, 0.1) is 6.61 Å². The highest BCUT2D eigenvalue weighted by molar-refractivity contribution is 9.09. The number of halogens is 2. The highest BCUT2D eigenvalue weighted by atomic mass is 79.9. The Morgan fingerprint density at radius 1 is 1.32 bits per heavy atom. The van der Waals surface area contributed by atoms with E-state index in [1.165, 1.54) is 0 Å². The molecule has 6 nitrogen and oxygen atoms in total. The van der Waals surface area contributed by atoms with Crippen LogP contribution in [0.25, 0.3) is 0 Å². The van der Waals surface area contributed by atoms with Crippen LogP contribution in [-0.2, 0) is 35.1 Å². The van der Waals surface area contributed by atoms with Crippen LogP contribution in [-0.4, -0.2) is 48.3 Å². The van der Waals surface area contributed by atoms with Gasteiger partial charge in [0.15, 0.2) is 0 Å². The maximum atomic E-state index is 11.6. The minimum atomic E-state index is -0.638. The van der Waals surface area contributed by atoms with E-state index >= 15 is 0 Å². The lowest BCUT2D eigenvalue weighted by Gasteiger charge is -2.42. The lowest BCUT2D eigenvalue weighted by atomic mass is 9.91. The van der Waals surface area contributed by atoms with Crippen molar-refractivity contribution in [2.24, 2.45) is 5.92 Å². The normalized spacial score (nSPS) is 29.0. The fourth-order valence-electron chi connectivity index (χ4n) is 2.71. The second kappa shape index (κ2) is 10.1. The molecule has 8 heteroatoms. The summed E-state index contributed by atoms with van der Waals surface area (Å²) in [6.45, 7) is 2.59. The topological polar surface area (TPSA) is 71.1 Å². The molecule has 0 radical (unpaired) electrons. The Bertz CT molecular complexity index is 557. The van der Waals surface area contributed by atoms with Crippen molar-refractivity contribution in [3.8, 4) is 0 Å². The van der Waals surface area contributed by atoms with Crippen molar-refractivity contribution in [3.05, 3.63) is 35.9 Å². The molecule has 1 heterocycles. The fourth-order valence-corrected chi connectivity index (χ4v) is 3.69. The molecule has 0 bridgehead atoms. The van der Waals surface area contributed by atoms with Gasteiger partial charge in [0.2, 0.25) is 0 Å². The highest BCUT2D eigenvalue weighted by Crippen LogP contribution is 2.33. The number of esters is 1. The van der Waals surface area contributed by atoms with Crippen molar-refractivity contribution in [1.82, 2.24) is 0 Å². The second-order valence-corrected chi connectivity index (χ2v) is 6.83. The van der Waals surface area contributed by atoms with Crippen LogP contribution < -0.4 is 0 Å². The zero-order chi connectivity index (χ0) is 18.2. The van der Waals surface area contributed by atoms with Gasteiger partial charge in [-0.15, -0.1) is 11.6 Å². The Kier molecular flexibility index (Phi) is 8.15. The molecule has 0 amide bonds. The minimum Gasteiger partial charge on any atom is -0.465 e. The summed E-state index contributed by atoms with van der Waals surface area (Å²) in [6.07, 6.45) is -1.60. The van der Waals surface area contributed by atoms with Gasteiger partial charge in [0.1, 0.15) is 35.8 Å². The van der Waals surface area contributed by atoms with Crippen LogP contribution in [0.15, 0.2) is 30.3 Å². The van der Waals surface area contributed by atoms with Crippen LogP contribution in [0.5, 0.6) is 0 Å². The van der Waals surface area contributed by atoms with Gasteiger partial charge < -0.3 is 18.9 Å². The quantitative estimate of drug-likeness (QED) is 0.355. The molecule has 0 aliphatic carbocycles. The lowest BCUT2D eigenvalue weighted by molar-refractivity contribution is -0.211. The first-order valence-corrected chi connectivity index (χ1v) is 9.27. The van der Waals surface area contributed by atoms with Crippen LogP contribution >= 0.6 is 27.5 Å². The maximum absolute atomic E-state index is 11.6. The third-order valence-corrected chi connectivity index (χ3v) is 4.91. The number of ether oxygens (including phenoxy) is 4. The summed E-state index contributed by atoms with van der Waals surface area (Å²) in [5, 5.41) is -0.433. The number of benzene rings is 1. The summed E-state index contributed by atoms with van der Waals surface area (Å²) in [7, 11) is 0. The van der Waals surface area contributed by atoms with E-state index in [0.717, 1.165) is 5.56 Å². The van der Waals surface area contributed by atoms with Gasteiger partial charge in [-0.05, 0) is 5.56 Å². The van der Waals surface area contributed by atoms with Gasteiger partial charge >= 0.3 is 5.97 Å². The molecule has 1 aromatic rings. The number of hydrogen-bond acceptors (Lipinski definition) is 6. The van der Waals surface area contributed by atoms with Crippen LogP contribution in [0.4, 0.5) is 0 Å². The average Bonchev–Trinajstić information content (AvgIpc) is 2.63. The summed E-state index contributed by atoms with van der Waals surface area (Å²) in [5.41, 5.74) is 1.02. The summed E-state index contributed by atoms with van der Waals surface area (Å²) >= 11 is 8.99. The molecular weight excluding hydrogens is 416 g/mol. The zero-order valence-corrected chi connectivity index (χ0v) is 16.0. The summed E-state index contributed by atoms with van der Waals surface area (Å²) in [5.74, 6) is -1.03. The molecule has 0 N–H and O–H groups in total. The summed E-state index contributed by atoms with van der Waals surface area (Å²) < 4.78 is 22.0. The number of hydrogen-bond donors (Lipinski definition) is 0. The van der Waals surface area contributed by atoms with Crippen LogP contribution in [0.2, 0.25) is 0 Å². The highest BCUT2D eigenvalue weighted by Gasteiger charge is 2.45. The predicted molar refractivity (Wildman–Crippen MR) is 94.4 cm³/mol. The van der Waals surface area contributed by atoms with Gasteiger partial charge in [-0.1, -0.05) is 53.2 Å². The number of rotatable bonds is 8. The number of carbonyl (C=O) groups excluding carboxylic acids is 2. The Labute approximate surface area is 159 Å². The Morgan fingerprint density at radius 3 is 2.68 bits per heavy atom. The number of carbonyl (C=O) groups is 2. The van der Waals surface area contributed by atoms with Gasteiger partial charge in [-0.2, -0.15) is 0 Å². The molecule has 0 spiro atoms. The first-order valence-electron chi connectivity index (χ1n) is 7.82. The minimum absolute atomic E-state index is 0.0262. The standard InChI is InChI=1S/C17H20BrClO6/c1-11-15(25-14(21)7-19)13(9-22-10-20)24-17(18)16(11)23-8-12-5-3-2-4-6-12/h2-6,10-11,13,15-17H,7-9H2,1H3/t11-,13?,15-,16?,17+/m0/s1. The molecule has 1 saturated heterocycles. The molecule has 2 rings (SSSR count). The molecule has 0 saturated carbocycles. The third kappa shape index (κ3) is 5.67. The zero-order valence-electron chi connectivity index (χ0n) is 13.7. The van der Waals surface area contributed by atoms with Gasteiger partial charge in [0, 0.05) is 5.92 Å². The van der Waals surface area contributed by atoms with Gasteiger partial charge in [-0.25, -0.2) is 0 Å². The monoisotopic (exact) mass is 434 g/mol. The molecular formula is C17H20BrClO6. The fraction of sp³-hybridized carbons (Fsp3) is 0.529. The molecule has 138 valence electrons. The third-order valence-electron chi connectivity index (χ3n) is 3.96. The largest absolute Gasteiger partial charge is 0.465 e. The molecule has 1 fully saturated rings. The molecule has 5 atom stereocenters. The van der Waals surface area contributed by atoms with E-state index in [4.69, 9.17) is 30.5 Å². The van der Waals surface area contributed by atoms with Crippen molar-refractivity contribution in [2.75, 3.05) is 12.5 Å². The summed E-state index contributed by atoms with van der Waals surface area (Å²) in [4.78, 5) is 22.1. The molecule has 1 aliphatic rings. The Morgan fingerprint density at radius 2 is 2.04 bits per heavy atom. The molecule has 2 unspecified atom stereocenters. The van der Waals surface area contributed by atoms with Crippen molar-refractivity contribution in [3.63, 3.8) is 0 Å². The van der Waals surface area contributed by atoms with E-state index in [9.17, 15) is 9.59 Å². The number of alkyl halides is 2. The Balaban J connectivity index is 2.07. The predicted octanol–water partition coefficient (Wildman–Crippen LogP) is 2.65. The van der Waals surface area contributed by atoms with Crippen LogP contribution in [0, 0.1) is 5.92 Å². The molecule has 0 aromatic heterocycles. The average molecular weight is 436 g/mol. The van der Waals surface area contributed by atoms with Crippen LogP contribution in [0.3, 0.4) is 0 Å². The second-order valence-electron chi connectivity index (χ2n) is 5.66. The van der Waals surface area contributed by atoms with Crippen LogP contribution in [0.1, 0.15) is 12.5 Å². The van der Waals surface area contributed by atoms with E-state index < -0.39 is 23.2 Å². The van der Waals surface area contributed by atoms with E-state index in [0.29, 0.717) is 13.1 Å². The van der Waals surface area contributed by atoms with E-state index in [1.54, 1.807) is 0 Å². The summed E-state index contributed by atoms with van der Waals surface area (Å²) in [6, 6.07) is 9.72. The van der Waals surface area contributed by atoms with Gasteiger partial charge in [-0.3, -0.25) is 9.59 Å². The van der Waals surface area contributed by atoms with Crippen molar-refractivity contribution in [2.45, 2.75) is 36.9 Å². The van der Waals surface area contributed by atoms with Crippen molar-refractivity contribution >= 4 is 40.0 Å². The smallest absolute Gasteiger partial charge is 0.321 e. The van der Waals surface area contributed by atoms with Gasteiger partial charge in [0.25, 0.3) is 6.47 Å². The SMILES string of the molecule is C[C@@H]1C(OCc2ccccc2)[C@H](Br)OC(COC=O)[C@H]1OC(=O)CCl. The molecule has 25 heavy (non-hydrogen) atoms. The maximum Gasteiger partial charge on any atom is 0.321 e. The molecule has 1 aliphatic heterocycles. The van der Waals surface area contributed by atoms with Crippen molar-refractivity contribution in [1.29, 1.82) is 0 Å². The first-order chi connectivity index (χ1) is 12.1. The molecule has 1 aromatic carbocycles.